The van der Waals surface area contributed by atoms with Crippen molar-refractivity contribution in [1.29, 1.82) is 0 Å². The molecule has 3 heteroatoms. The van der Waals surface area contributed by atoms with E-state index in [0.29, 0.717) is 0 Å². The van der Waals surface area contributed by atoms with Crippen molar-refractivity contribution < 1.29 is 0 Å². The first-order chi connectivity index (χ1) is 8.50. The summed E-state index contributed by atoms with van der Waals surface area (Å²) in [5.74, 6) is 0. The van der Waals surface area contributed by atoms with Crippen LogP contribution in [0.15, 0.2) is 4.99 Å². The SMILES string of the molecule is C1=NCCC1.C1CCNC1.C1CCNC1.CC. The molecule has 0 bridgehead atoms. The van der Waals surface area contributed by atoms with Crippen LogP contribution in [0.1, 0.15) is 52.4 Å². The van der Waals surface area contributed by atoms with E-state index in [-0.39, 0.29) is 0 Å². The molecule has 0 saturated carbocycles. The maximum Gasteiger partial charge on any atom is 0.0388 e. The van der Waals surface area contributed by atoms with E-state index in [0.717, 1.165) is 6.54 Å². The second-order valence-electron chi connectivity index (χ2n) is 4.15. The molecule has 0 radical (unpaired) electrons. The van der Waals surface area contributed by atoms with E-state index in [1.54, 1.807) is 0 Å². The van der Waals surface area contributed by atoms with Gasteiger partial charge < -0.3 is 10.6 Å². The van der Waals surface area contributed by atoms with E-state index in [1.807, 2.05) is 20.1 Å². The van der Waals surface area contributed by atoms with Crippen LogP contribution in [0.3, 0.4) is 0 Å². The van der Waals surface area contributed by atoms with Crippen molar-refractivity contribution in [2.45, 2.75) is 52.4 Å². The number of hydrogen-bond acceptors (Lipinski definition) is 3. The van der Waals surface area contributed by atoms with Crippen molar-refractivity contribution in [2.75, 3.05) is 32.7 Å². The lowest BCUT2D eigenvalue weighted by Gasteiger charge is -1.76. The fourth-order valence-electron chi connectivity index (χ4n) is 1.71. The van der Waals surface area contributed by atoms with Crippen LogP contribution < -0.4 is 10.6 Å². The monoisotopic (exact) mass is 241 g/mol. The van der Waals surface area contributed by atoms with Gasteiger partial charge in [-0.3, -0.25) is 4.99 Å². The van der Waals surface area contributed by atoms with Crippen LogP contribution in [0.2, 0.25) is 0 Å². The third-order valence-corrected chi connectivity index (χ3v) is 2.66. The van der Waals surface area contributed by atoms with Crippen LogP contribution >= 0.6 is 0 Å². The maximum atomic E-state index is 3.96. The molecule has 0 amide bonds. The molecule has 3 aliphatic heterocycles. The number of nitrogens with one attached hydrogen (secondary N) is 2. The van der Waals surface area contributed by atoms with Crippen molar-refractivity contribution in [3.63, 3.8) is 0 Å². The molecule has 0 spiro atoms. The van der Waals surface area contributed by atoms with Gasteiger partial charge in [-0.15, -0.1) is 0 Å². The first-order valence-corrected chi connectivity index (χ1v) is 7.40. The van der Waals surface area contributed by atoms with E-state index >= 15 is 0 Å². The largest absolute Gasteiger partial charge is 0.317 e. The van der Waals surface area contributed by atoms with Crippen LogP contribution in [0.4, 0.5) is 0 Å². The number of nitrogens with zero attached hydrogens (tertiary/aromatic N) is 1. The number of aliphatic imine (C=N–C) groups is 1. The molecule has 102 valence electrons. The summed E-state index contributed by atoms with van der Waals surface area (Å²) >= 11 is 0. The van der Waals surface area contributed by atoms with Gasteiger partial charge in [0.2, 0.25) is 0 Å². The Morgan fingerprint density at radius 1 is 0.765 bits per heavy atom. The van der Waals surface area contributed by atoms with Gasteiger partial charge in [-0.2, -0.15) is 0 Å². The van der Waals surface area contributed by atoms with Gasteiger partial charge in [-0.1, -0.05) is 13.8 Å². The molecule has 0 aromatic heterocycles. The molecule has 3 nitrogen and oxygen atoms in total. The summed E-state index contributed by atoms with van der Waals surface area (Å²) in [5, 5.41) is 6.44. The maximum absolute atomic E-state index is 3.96. The zero-order chi connectivity index (χ0) is 12.6. The summed E-state index contributed by atoms with van der Waals surface area (Å²) in [4.78, 5) is 3.96. The van der Waals surface area contributed by atoms with Crippen LogP contribution in [0.5, 0.6) is 0 Å². The van der Waals surface area contributed by atoms with Crippen molar-refractivity contribution in [1.82, 2.24) is 10.6 Å². The normalized spacial score (nSPS) is 20.6. The van der Waals surface area contributed by atoms with Gasteiger partial charge in [-0.05, 0) is 70.9 Å². The molecule has 0 unspecified atom stereocenters. The first-order valence-electron chi connectivity index (χ1n) is 7.40. The van der Waals surface area contributed by atoms with E-state index < -0.39 is 0 Å². The molecular formula is C14H31N3. The van der Waals surface area contributed by atoms with Gasteiger partial charge >= 0.3 is 0 Å². The Labute approximate surface area is 107 Å². The summed E-state index contributed by atoms with van der Waals surface area (Å²) in [6.07, 6.45) is 10.0. The fraction of sp³-hybridized carbons (Fsp3) is 0.929. The smallest absolute Gasteiger partial charge is 0.0388 e. The average molecular weight is 241 g/mol. The summed E-state index contributed by atoms with van der Waals surface area (Å²) in [7, 11) is 0. The Balaban J connectivity index is 0.000000211. The standard InChI is InChI=1S/2C4H9N.C4H7N.C2H6/c3*1-2-4-5-3-1;1-2/h2*5H,1-4H2;3H,1-2,4H2;1-2H3. The third-order valence-electron chi connectivity index (χ3n) is 2.66. The lowest BCUT2D eigenvalue weighted by molar-refractivity contribution is 0.857. The molecule has 0 atom stereocenters. The molecule has 0 aliphatic carbocycles. The summed E-state index contributed by atoms with van der Waals surface area (Å²) in [6.45, 7) is 10.1. The van der Waals surface area contributed by atoms with Crippen LogP contribution in [0.25, 0.3) is 0 Å². The Hall–Kier alpha value is -0.410. The van der Waals surface area contributed by atoms with Gasteiger partial charge in [0.25, 0.3) is 0 Å². The van der Waals surface area contributed by atoms with Crippen molar-refractivity contribution in [2.24, 2.45) is 4.99 Å². The van der Waals surface area contributed by atoms with Crippen molar-refractivity contribution >= 4 is 6.21 Å². The molecule has 0 aromatic rings. The van der Waals surface area contributed by atoms with Crippen molar-refractivity contribution in [3.8, 4) is 0 Å². The predicted molar refractivity (Wildman–Crippen MR) is 78.1 cm³/mol. The first kappa shape index (κ1) is 16.6. The molecule has 3 aliphatic rings. The van der Waals surface area contributed by atoms with Gasteiger partial charge in [0.1, 0.15) is 0 Å². The highest BCUT2D eigenvalue weighted by atomic mass is 14.9. The summed E-state index contributed by atoms with van der Waals surface area (Å²) in [6, 6.07) is 0. The predicted octanol–water partition coefficient (Wildman–Crippen LogP) is 2.62. The van der Waals surface area contributed by atoms with Crippen LogP contribution in [-0.2, 0) is 0 Å². The summed E-state index contributed by atoms with van der Waals surface area (Å²) in [5.41, 5.74) is 0. The van der Waals surface area contributed by atoms with Crippen LogP contribution in [0, 0.1) is 0 Å². The van der Waals surface area contributed by atoms with E-state index in [1.165, 1.54) is 64.7 Å². The zero-order valence-electron chi connectivity index (χ0n) is 11.8. The molecule has 2 saturated heterocycles. The van der Waals surface area contributed by atoms with Gasteiger partial charge in [0.15, 0.2) is 0 Å². The minimum absolute atomic E-state index is 1.07. The highest BCUT2D eigenvalue weighted by Gasteiger charge is 1.93. The fourth-order valence-corrected chi connectivity index (χ4v) is 1.71. The minimum Gasteiger partial charge on any atom is -0.317 e. The lowest BCUT2D eigenvalue weighted by Crippen LogP contribution is -2.03. The van der Waals surface area contributed by atoms with Crippen molar-refractivity contribution in [3.05, 3.63) is 0 Å². The minimum atomic E-state index is 1.07. The Morgan fingerprint density at radius 2 is 1.24 bits per heavy atom. The van der Waals surface area contributed by atoms with Gasteiger partial charge in [0.05, 0.1) is 0 Å². The second-order valence-corrected chi connectivity index (χ2v) is 4.15. The molecule has 17 heavy (non-hydrogen) atoms. The Kier molecular flexibility index (Phi) is 15.2. The second kappa shape index (κ2) is 15.6. The number of rotatable bonds is 0. The van der Waals surface area contributed by atoms with E-state index in [9.17, 15) is 0 Å². The highest BCUT2D eigenvalue weighted by molar-refractivity contribution is 5.58. The molecule has 2 N–H and O–H groups in total. The Bertz CT molecular complexity index is 118. The summed E-state index contributed by atoms with van der Waals surface area (Å²) < 4.78 is 0. The third kappa shape index (κ3) is 13.5. The lowest BCUT2D eigenvalue weighted by atomic mass is 10.4. The Morgan fingerprint density at radius 3 is 1.35 bits per heavy atom. The van der Waals surface area contributed by atoms with Gasteiger partial charge in [-0.25, -0.2) is 0 Å². The average Bonchev–Trinajstić information content (AvgIpc) is 3.16. The van der Waals surface area contributed by atoms with E-state index in [4.69, 9.17) is 0 Å². The molecule has 3 rings (SSSR count). The molecular weight excluding hydrogens is 210 g/mol. The number of hydrogen-bond donors (Lipinski definition) is 2. The highest BCUT2D eigenvalue weighted by Crippen LogP contribution is 1.92. The molecule has 2 fully saturated rings. The van der Waals surface area contributed by atoms with Gasteiger partial charge in [0, 0.05) is 6.54 Å². The van der Waals surface area contributed by atoms with Crippen LogP contribution in [-0.4, -0.2) is 38.9 Å². The topological polar surface area (TPSA) is 36.4 Å². The zero-order valence-corrected chi connectivity index (χ0v) is 11.8. The molecule has 0 aromatic carbocycles. The quantitative estimate of drug-likeness (QED) is 0.684. The molecule has 3 heterocycles. The van der Waals surface area contributed by atoms with E-state index in [2.05, 4.69) is 15.6 Å².